The molecule has 1 aliphatic heterocycles. The van der Waals surface area contributed by atoms with Crippen LogP contribution in [0.15, 0.2) is 27.7 Å². The molecule has 4 radical (unpaired) electrons. The van der Waals surface area contributed by atoms with Crippen LogP contribution in [-0.2, 0) is 10.4 Å². The fourth-order valence-electron chi connectivity index (χ4n) is 4.02. The number of hydrogen-bond donors (Lipinski definition) is 2. The summed E-state index contributed by atoms with van der Waals surface area (Å²) in [5.74, 6) is 0.245. The van der Waals surface area contributed by atoms with E-state index < -0.39 is 11.2 Å². The second-order valence-electron chi connectivity index (χ2n) is 7.22. The number of halogens is 1. The smallest absolute Gasteiger partial charge is 0.159 e. The van der Waals surface area contributed by atoms with E-state index in [1.165, 1.54) is 5.56 Å². The van der Waals surface area contributed by atoms with E-state index in [9.17, 15) is 5.11 Å². The number of thiocarbonyl (C=S) groups is 1. The average molecular weight is 431 g/mol. The molecule has 1 aromatic carbocycles. The molecule has 26 heavy (non-hydrogen) atoms. The number of hydrogen-bond acceptors (Lipinski definition) is 4. The van der Waals surface area contributed by atoms with Crippen molar-refractivity contribution in [1.29, 1.82) is 0 Å². The summed E-state index contributed by atoms with van der Waals surface area (Å²) in [5, 5.41) is 13.0. The first kappa shape index (κ1) is 20.1. The molecule has 2 N–H and O–H groups in total. The first-order chi connectivity index (χ1) is 12.1. The maximum Gasteiger partial charge on any atom is 0.159 e. The summed E-state index contributed by atoms with van der Waals surface area (Å²) >= 11 is 9.07. The molecule has 3 rings (SSSR count). The van der Waals surface area contributed by atoms with Crippen LogP contribution in [0.1, 0.15) is 43.7 Å². The molecule has 1 unspecified atom stereocenters. The molecule has 0 aromatic heterocycles. The van der Waals surface area contributed by atoms with Gasteiger partial charge in [0.15, 0.2) is 5.66 Å². The van der Waals surface area contributed by atoms with Gasteiger partial charge < -0.3 is 15.2 Å². The average Bonchev–Trinajstić information content (AvgIpc) is 2.85. The predicted molar refractivity (Wildman–Crippen MR) is 113 cm³/mol. The summed E-state index contributed by atoms with van der Waals surface area (Å²) in [4.78, 5) is 5.70. The Morgan fingerprint density at radius 3 is 2.50 bits per heavy atom. The molecule has 0 amide bonds. The second-order valence-corrected chi connectivity index (χ2v) is 8.54. The Hall–Kier alpha value is -0.690. The summed E-state index contributed by atoms with van der Waals surface area (Å²) in [7, 11) is 10.7. The maximum absolute atomic E-state index is 9.49. The zero-order valence-electron chi connectivity index (χ0n) is 15.0. The van der Waals surface area contributed by atoms with Gasteiger partial charge in [0.1, 0.15) is 20.7 Å². The molecule has 8 heteroatoms. The molecule has 1 atom stereocenters. The summed E-state index contributed by atoms with van der Waals surface area (Å²) in [6.45, 7) is 4.04. The minimum Gasteiger partial charge on any atom is -0.384 e. The molecular formula is C18H21B2BrN2O2S. The van der Waals surface area contributed by atoms with Crippen LogP contribution in [0, 0.1) is 12.8 Å². The van der Waals surface area contributed by atoms with Crippen molar-refractivity contribution in [2.45, 2.75) is 56.9 Å². The number of nitrogens with zero attached hydrogens (tertiary/aromatic N) is 1. The highest BCUT2D eigenvalue weighted by atomic mass is 79.9. The van der Waals surface area contributed by atoms with E-state index in [4.69, 9.17) is 37.6 Å². The number of benzene rings is 1. The third kappa shape index (κ3) is 4.08. The molecule has 0 bridgehead atoms. The van der Waals surface area contributed by atoms with Gasteiger partial charge in [-0.25, -0.2) is 0 Å². The van der Waals surface area contributed by atoms with E-state index in [1.807, 2.05) is 13.0 Å². The van der Waals surface area contributed by atoms with Gasteiger partial charge in [0.25, 0.3) is 0 Å². The van der Waals surface area contributed by atoms with Crippen LogP contribution in [0.3, 0.4) is 0 Å². The molecule has 2 aliphatic rings. The van der Waals surface area contributed by atoms with E-state index in [1.54, 1.807) is 0 Å². The van der Waals surface area contributed by atoms with E-state index in [-0.39, 0.29) is 12.0 Å². The van der Waals surface area contributed by atoms with Crippen molar-refractivity contribution in [3.63, 3.8) is 0 Å². The summed E-state index contributed by atoms with van der Waals surface area (Å²) in [5.41, 5.74) is 0.499. The van der Waals surface area contributed by atoms with Gasteiger partial charge in [-0.05, 0) is 57.2 Å². The highest BCUT2D eigenvalue weighted by Gasteiger charge is 2.47. The lowest BCUT2D eigenvalue weighted by atomic mass is 9.73. The van der Waals surface area contributed by atoms with E-state index in [0.29, 0.717) is 4.99 Å². The minimum atomic E-state index is -2.09. The van der Waals surface area contributed by atoms with Crippen molar-refractivity contribution in [1.82, 2.24) is 5.32 Å². The lowest BCUT2D eigenvalue weighted by molar-refractivity contribution is -0.129. The summed E-state index contributed by atoms with van der Waals surface area (Å²) in [6, 6.07) is 6.24. The third-order valence-corrected chi connectivity index (χ3v) is 6.10. The zero-order chi connectivity index (χ0) is 19.1. The largest absolute Gasteiger partial charge is 0.384 e. The van der Waals surface area contributed by atoms with Crippen LogP contribution < -0.4 is 5.32 Å². The fourth-order valence-corrected chi connectivity index (χ4v) is 4.58. The Balaban J connectivity index is 1.90. The molecule has 0 spiro atoms. The Morgan fingerprint density at radius 1 is 1.31 bits per heavy atom. The van der Waals surface area contributed by atoms with Crippen LogP contribution in [0.4, 0.5) is 0 Å². The molecule has 1 saturated carbocycles. The van der Waals surface area contributed by atoms with Crippen molar-refractivity contribution >= 4 is 54.5 Å². The zero-order valence-corrected chi connectivity index (χ0v) is 17.4. The molecule has 1 aliphatic carbocycles. The van der Waals surface area contributed by atoms with Crippen molar-refractivity contribution in [2.75, 3.05) is 0 Å². The van der Waals surface area contributed by atoms with Gasteiger partial charge >= 0.3 is 0 Å². The van der Waals surface area contributed by atoms with Gasteiger partial charge in [-0.15, -0.1) is 0 Å². The molecule has 4 nitrogen and oxygen atoms in total. The minimum absolute atomic E-state index is 0.162. The summed E-state index contributed by atoms with van der Waals surface area (Å²) in [6.07, 6.45) is 3.06. The van der Waals surface area contributed by atoms with Gasteiger partial charge in [-0.3, -0.25) is 4.99 Å². The highest BCUT2D eigenvalue weighted by Crippen LogP contribution is 2.45. The predicted octanol–water partition coefficient (Wildman–Crippen LogP) is 2.82. The van der Waals surface area contributed by atoms with Crippen molar-refractivity contribution in [3.05, 3.63) is 33.8 Å². The van der Waals surface area contributed by atoms with Crippen LogP contribution in [0.25, 0.3) is 0 Å². The second kappa shape index (κ2) is 7.38. The van der Waals surface area contributed by atoms with Gasteiger partial charge in [0.2, 0.25) is 0 Å². The first-order valence-electron chi connectivity index (χ1n) is 8.74. The van der Waals surface area contributed by atoms with Gasteiger partial charge in [-0.2, -0.15) is 0 Å². The maximum atomic E-state index is 9.49. The number of aliphatic hydroxyl groups is 1. The van der Waals surface area contributed by atoms with Gasteiger partial charge in [0.05, 0.1) is 17.4 Å². The van der Waals surface area contributed by atoms with Crippen molar-refractivity contribution < 1.29 is 9.84 Å². The number of rotatable bonds is 4. The van der Waals surface area contributed by atoms with Crippen molar-refractivity contribution in [2.24, 2.45) is 10.9 Å². The SMILES string of the molecule is [B]C([B])(O)OC1CCC(C2(c3cc(Br)ccc3C)N=C(C)C(=S)N2)CC1. The van der Waals surface area contributed by atoms with E-state index in [0.717, 1.165) is 41.4 Å². The lowest BCUT2D eigenvalue weighted by Crippen LogP contribution is -2.48. The lowest BCUT2D eigenvalue weighted by Gasteiger charge is -2.42. The monoisotopic (exact) mass is 430 g/mol. The van der Waals surface area contributed by atoms with Crippen LogP contribution >= 0.6 is 28.1 Å². The Morgan fingerprint density at radius 2 is 1.96 bits per heavy atom. The van der Waals surface area contributed by atoms with Crippen LogP contribution in [0.5, 0.6) is 0 Å². The number of aryl methyl sites for hydroxylation is 1. The number of nitrogens with one attached hydrogen (secondary N) is 1. The van der Waals surface area contributed by atoms with Crippen molar-refractivity contribution in [3.8, 4) is 0 Å². The molecule has 134 valence electrons. The Kier molecular flexibility index (Phi) is 5.69. The van der Waals surface area contributed by atoms with Crippen LogP contribution in [0.2, 0.25) is 0 Å². The first-order valence-corrected chi connectivity index (χ1v) is 9.94. The van der Waals surface area contributed by atoms with Gasteiger partial charge in [0, 0.05) is 16.0 Å². The molecule has 0 saturated heterocycles. The normalized spacial score (nSPS) is 29.4. The summed E-state index contributed by atoms with van der Waals surface area (Å²) < 4.78 is 6.35. The highest BCUT2D eigenvalue weighted by molar-refractivity contribution is 9.10. The Labute approximate surface area is 171 Å². The third-order valence-electron chi connectivity index (χ3n) is 5.21. The molecule has 1 heterocycles. The topological polar surface area (TPSA) is 53.9 Å². The number of ether oxygens (including phenoxy) is 1. The molecule has 1 fully saturated rings. The van der Waals surface area contributed by atoms with E-state index in [2.05, 4.69) is 40.3 Å². The van der Waals surface area contributed by atoms with Crippen LogP contribution in [-0.4, -0.2) is 43.2 Å². The number of aliphatic imine (C=N–C) groups is 1. The quantitative estimate of drug-likeness (QED) is 0.438. The molecular weight excluding hydrogens is 410 g/mol. The van der Waals surface area contributed by atoms with E-state index >= 15 is 0 Å². The Bertz CT molecular complexity index is 745. The van der Waals surface area contributed by atoms with Gasteiger partial charge in [-0.1, -0.05) is 34.2 Å². The molecule has 1 aromatic rings. The fraction of sp³-hybridized carbons (Fsp3) is 0.556. The standard InChI is InChI=1S/C18H21B2BrN2O2S/c1-10-3-6-13(21)9-15(10)17(22-11(2)16(26)23-17)12-4-7-14(8-5-12)25-18(19,20)24/h3,6,9,12,14,24H,4-5,7-8H2,1-2H3,(H,23,26).